The molecule has 0 aliphatic heterocycles. The molecule has 0 aromatic carbocycles. The third-order valence-electron chi connectivity index (χ3n) is 1.98. The van der Waals surface area contributed by atoms with E-state index in [-0.39, 0.29) is 6.04 Å². The van der Waals surface area contributed by atoms with Gasteiger partial charge in [-0.15, -0.1) is 0 Å². The van der Waals surface area contributed by atoms with Crippen molar-refractivity contribution in [2.24, 2.45) is 5.92 Å². The summed E-state index contributed by atoms with van der Waals surface area (Å²) in [6.07, 6.45) is 1.74. The summed E-state index contributed by atoms with van der Waals surface area (Å²) in [5.41, 5.74) is 0. The van der Waals surface area contributed by atoms with Gasteiger partial charge in [-0.05, 0) is 19.4 Å². The summed E-state index contributed by atoms with van der Waals surface area (Å²) < 4.78 is 0. The van der Waals surface area contributed by atoms with Gasteiger partial charge < -0.3 is 10.4 Å². The zero-order valence-corrected chi connectivity index (χ0v) is 7.42. The molecule has 0 saturated carbocycles. The maximum Gasteiger partial charge on any atom is 0.320 e. The Morgan fingerprint density at radius 2 is 2.18 bits per heavy atom. The zero-order chi connectivity index (χ0) is 8.85. The van der Waals surface area contributed by atoms with E-state index in [9.17, 15) is 4.79 Å². The number of carboxylic acids is 1. The molecule has 3 nitrogen and oxygen atoms in total. The summed E-state index contributed by atoms with van der Waals surface area (Å²) in [6, 6.07) is -0.384. The summed E-state index contributed by atoms with van der Waals surface area (Å²) in [5.74, 6) is -0.281. The van der Waals surface area contributed by atoms with Gasteiger partial charge in [0.25, 0.3) is 0 Å². The van der Waals surface area contributed by atoms with E-state index in [1.54, 1.807) is 7.05 Å². The van der Waals surface area contributed by atoms with E-state index in [1.165, 1.54) is 0 Å². The molecular weight excluding hydrogens is 142 g/mol. The Kier molecular flexibility index (Phi) is 4.86. The fourth-order valence-corrected chi connectivity index (χ4v) is 0.911. The van der Waals surface area contributed by atoms with Crippen LogP contribution in [-0.4, -0.2) is 24.2 Å². The van der Waals surface area contributed by atoms with Crippen molar-refractivity contribution >= 4 is 5.97 Å². The quantitative estimate of drug-likeness (QED) is 0.631. The van der Waals surface area contributed by atoms with E-state index in [1.807, 2.05) is 0 Å². The van der Waals surface area contributed by atoms with Crippen LogP contribution in [0, 0.1) is 5.92 Å². The lowest BCUT2D eigenvalue weighted by Gasteiger charge is -2.14. The van der Waals surface area contributed by atoms with E-state index in [4.69, 9.17) is 5.11 Å². The Morgan fingerprint density at radius 1 is 1.64 bits per heavy atom. The summed E-state index contributed by atoms with van der Waals surface area (Å²) in [5, 5.41) is 11.4. The lowest BCUT2D eigenvalue weighted by atomic mass is 10.00. The van der Waals surface area contributed by atoms with E-state index in [0.29, 0.717) is 12.3 Å². The minimum absolute atomic E-state index is 0.384. The molecule has 0 spiro atoms. The van der Waals surface area contributed by atoms with Gasteiger partial charge in [-0.3, -0.25) is 4.79 Å². The van der Waals surface area contributed by atoms with Crippen molar-refractivity contribution in [3.05, 3.63) is 0 Å². The highest BCUT2D eigenvalue weighted by Gasteiger charge is 2.16. The number of carbonyl (C=O) groups is 1. The lowest BCUT2D eigenvalue weighted by molar-refractivity contribution is -0.139. The highest BCUT2D eigenvalue weighted by molar-refractivity contribution is 5.73. The van der Waals surface area contributed by atoms with Crippen LogP contribution in [-0.2, 0) is 4.79 Å². The maximum absolute atomic E-state index is 10.5. The van der Waals surface area contributed by atoms with Gasteiger partial charge in [0, 0.05) is 0 Å². The average molecular weight is 159 g/mol. The number of aliphatic carboxylic acids is 1. The largest absolute Gasteiger partial charge is 0.480 e. The summed E-state index contributed by atoms with van der Waals surface area (Å²) in [6.45, 7) is 4.13. The van der Waals surface area contributed by atoms with Crippen molar-refractivity contribution in [2.45, 2.75) is 32.7 Å². The molecular formula is C8H17NO2. The fourth-order valence-electron chi connectivity index (χ4n) is 0.911. The lowest BCUT2D eigenvalue weighted by Crippen LogP contribution is -2.35. The van der Waals surface area contributed by atoms with Crippen molar-refractivity contribution in [3.63, 3.8) is 0 Å². The van der Waals surface area contributed by atoms with Crippen molar-refractivity contribution < 1.29 is 9.90 Å². The third kappa shape index (κ3) is 3.98. The molecule has 1 unspecified atom stereocenters. The molecule has 0 rings (SSSR count). The molecule has 2 N–H and O–H groups in total. The van der Waals surface area contributed by atoms with Crippen LogP contribution in [0.3, 0.4) is 0 Å². The number of hydrogen-bond donors (Lipinski definition) is 2. The number of carboxylic acid groups (broad SMARTS) is 1. The van der Waals surface area contributed by atoms with Crippen LogP contribution in [0.4, 0.5) is 0 Å². The van der Waals surface area contributed by atoms with E-state index in [2.05, 4.69) is 19.2 Å². The predicted molar refractivity (Wildman–Crippen MR) is 44.6 cm³/mol. The van der Waals surface area contributed by atoms with Gasteiger partial charge in [0.2, 0.25) is 0 Å². The molecule has 0 amide bonds. The van der Waals surface area contributed by atoms with Crippen LogP contribution >= 0.6 is 0 Å². The molecule has 0 aliphatic rings. The van der Waals surface area contributed by atoms with Crippen molar-refractivity contribution in [2.75, 3.05) is 7.05 Å². The Bertz CT molecular complexity index is 125. The van der Waals surface area contributed by atoms with Crippen LogP contribution in [0.2, 0.25) is 0 Å². The van der Waals surface area contributed by atoms with Crippen LogP contribution < -0.4 is 5.32 Å². The van der Waals surface area contributed by atoms with Gasteiger partial charge in [-0.25, -0.2) is 0 Å². The average Bonchev–Trinajstić information content (AvgIpc) is 1.99. The highest BCUT2D eigenvalue weighted by atomic mass is 16.4. The van der Waals surface area contributed by atoms with Gasteiger partial charge in [0.05, 0.1) is 0 Å². The standard InChI is InChI=1S/C8H17NO2/c1-4-6(2)5-7(9-3)8(10)11/h6-7,9H,4-5H2,1-3H3,(H,10,11)/t6?,7-/m0/s1. The third-order valence-corrected chi connectivity index (χ3v) is 1.98. The minimum atomic E-state index is -0.757. The van der Waals surface area contributed by atoms with Gasteiger partial charge in [0.15, 0.2) is 0 Å². The molecule has 2 atom stereocenters. The van der Waals surface area contributed by atoms with E-state index >= 15 is 0 Å². The number of hydrogen-bond acceptors (Lipinski definition) is 2. The molecule has 0 aliphatic carbocycles. The smallest absolute Gasteiger partial charge is 0.320 e. The maximum atomic E-state index is 10.5. The molecule has 0 fully saturated rings. The minimum Gasteiger partial charge on any atom is -0.480 e. The SMILES string of the molecule is CCC(C)C[C@H](NC)C(=O)O. The molecule has 0 heterocycles. The molecule has 0 bridgehead atoms. The Labute approximate surface area is 67.8 Å². The Hall–Kier alpha value is -0.570. The molecule has 0 radical (unpaired) electrons. The second-order valence-electron chi connectivity index (χ2n) is 2.93. The van der Waals surface area contributed by atoms with Gasteiger partial charge in [-0.1, -0.05) is 20.3 Å². The highest BCUT2D eigenvalue weighted by Crippen LogP contribution is 2.09. The molecule has 3 heteroatoms. The van der Waals surface area contributed by atoms with Crippen LogP contribution in [0.25, 0.3) is 0 Å². The first kappa shape index (κ1) is 10.4. The second-order valence-corrected chi connectivity index (χ2v) is 2.93. The molecule has 0 saturated heterocycles. The van der Waals surface area contributed by atoms with E-state index in [0.717, 1.165) is 6.42 Å². The normalized spacial score (nSPS) is 15.9. The molecule has 0 aromatic rings. The molecule has 0 aromatic heterocycles. The molecule has 11 heavy (non-hydrogen) atoms. The van der Waals surface area contributed by atoms with Crippen molar-refractivity contribution in [1.29, 1.82) is 0 Å². The first-order valence-corrected chi connectivity index (χ1v) is 4.01. The van der Waals surface area contributed by atoms with Crippen LogP contribution in [0.1, 0.15) is 26.7 Å². The fraction of sp³-hybridized carbons (Fsp3) is 0.875. The summed E-state index contributed by atoms with van der Waals surface area (Å²) in [4.78, 5) is 10.5. The van der Waals surface area contributed by atoms with Gasteiger partial charge >= 0.3 is 5.97 Å². The Morgan fingerprint density at radius 3 is 2.45 bits per heavy atom. The topological polar surface area (TPSA) is 49.3 Å². The number of likely N-dealkylation sites (N-methyl/N-ethyl adjacent to an activating group) is 1. The second kappa shape index (κ2) is 5.13. The summed E-state index contributed by atoms with van der Waals surface area (Å²) in [7, 11) is 1.68. The first-order chi connectivity index (χ1) is 5.11. The summed E-state index contributed by atoms with van der Waals surface area (Å²) >= 11 is 0. The van der Waals surface area contributed by atoms with Crippen LogP contribution in [0.5, 0.6) is 0 Å². The van der Waals surface area contributed by atoms with Gasteiger partial charge in [0.1, 0.15) is 6.04 Å². The first-order valence-electron chi connectivity index (χ1n) is 4.01. The van der Waals surface area contributed by atoms with Crippen molar-refractivity contribution in [3.8, 4) is 0 Å². The number of rotatable bonds is 5. The monoisotopic (exact) mass is 159 g/mol. The van der Waals surface area contributed by atoms with E-state index < -0.39 is 5.97 Å². The predicted octanol–water partition coefficient (Wildman–Crippen LogP) is 1.10. The number of nitrogens with one attached hydrogen (secondary N) is 1. The van der Waals surface area contributed by atoms with Crippen LogP contribution in [0.15, 0.2) is 0 Å². The van der Waals surface area contributed by atoms with Gasteiger partial charge in [-0.2, -0.15) is 0 Å². The van der Waals surface area contributed by atoms with Crippen molar-refractivity contribution in [1.82, 2.24) is 5.32 Å². The molecule has 66 valence electrons. The zero-order valence-electron chi connectivity index (χ0n) is 7.42. The Balaban J connectivity index is 3.77.